The summed E-state index contributed by atoms with van der Waals surface area (Å²) in [5.41, 5.74) is 1.44. The summed E-state index contributed by atoms with van der Waals surface area (Å²) < 4.78 is 5.73. The Bertz CT molecular complexity index is 881. The van der Waals surface area contributed by atoms with Crippen LogP contribution in [0.4, 0.5) is 0 Å². The van der Waals surface area contributed by atoms with E-state index in [0.29, 0.717) is 25.3 Å². The average Bonchev–Trinajstić information content (AvgIpc) is 2.96. The fourth-order valence-electron chi connectivity index (χ4n) is 1.99. The molecule has 0 unspecified atom stereocenters. The first-order valence-electron chi connectivity index (χ1n) is 6.98. The molecule has 0 spiro atoms. The highest BCUT2D eigenvalue weighted by Gasteiger charge is 2.19. The van der Waals surface area contributed by atoms with E-state index >= 15 is 0 Å². The molecule has 0 fully saturated rings. The number of nitrogens with zero attached hydrogens (tertiary/aromatic N) is 3. The van der Waals surface area contributed by atoms with Gasteiger partial charge in [0.25, 0.3) is 0 Å². The van der Waals surface area contributed by atoms with Crippen molar-refractivity contribution in [1.82, 2.24) is 9.97 Å². The molecule has 122 valence electrons. The van der Waals surface area contributed by atoms with Crippen LogP contribution in [0, 0.1) is 12.1 Å². The molecule has 0 amide bonds. The molecule has 2 heterocycles. The standard InChI is InChI=1S/C16H12ClN3O3S/c1-10-14(16(21)23-9-13-18-7-2-8-20(13)22)24-15(19-10)11-3-5-12(17)6-4-11/h2-8H,9H2,1H3. The van der Waals surface area contributed by atoms with Gasteiger partial charge in [-0.25, -0.2) is 14.5 Å². The van der Waals surface area contributed by atoms with Crippen LogP contribution in [-0.2, 0) is 11.3 Å². The summed E-state index contributed by atoms with van der Waals surface area (Å²) in [7, 11) is 0. The van der Waals surface area contributed by atoms with Gasteiger partial charge in [-0.05, 0) is 24.0 Å². The molecule has 24 heavy (non-hydrogen) atoms. The molecule has 0 aliphatic heterocycles. The van der Waals surface area contributed by atoms with Crippen molar-refractivity contribution in [3.63, 3.8) is 0 Å². The van der Waals surface area contributed by atoms with Crippen molar-refractivity contribution in [2.45, 2.75) is 13.5 Å². The number of hydrogen-bond donors (Lipinski definition) is 0. The van der Waals surface area contributed by atoms with Gasteiger partial charge in [0.2, 0.25) is 0 Å². The zero-order chi connectivity index (χ0) is 17.1. The Morgan fingerprint density at radius 1 is 1.38 bits per heavy atom. The molecule has 6 nitrogen and oxygen atoms in total. The number of thiazole rings is 1. The van der Waals surface area contributed by atoms with E-state index in [4.69, 9.17) is 16.3 Å². The molecule has 8 heteroatoms. The van der Waals surface area contributed by atoms with Crippen molar-refractivity contribution in [1.29, 1.82) is 0 Å². The molecular formula is C16H12ClN3O3S. The third-order valence-corrected chi connectivity index (χ3v) is 4.63. The number of ether oxygens (including phenoxy) is 1. The van der Waals surface area contributed by atoms with Crippen LogP contribution in [-0.4, -0.2) is 15.9 Å². The Morgan fingerprint density at radius 3 is 2.83 bits per heavy atom. The lowest BCUT2D eigenvalue weighted by Crippen LogP contribution is -2.33. The minimum absolute atomic E-state index is 0.117. The molecule has 0 aliphatic rings. The second kappa shape index (κ2) is 6.94. The fraction of sp³-hybridized carbons (Fsp3) is 0.125. The Kier molecular flexibility index (Phi) is 4.73. The topological polar surface area (TPSA) is 79.0 Å². The number of esters is 1. The van der Waals surface area contributed by atoms with Crippen LogP contribution in [0.2, 0.25) is 5.02 Å². The van der Waals surface area contributed by atoms with Crippen LogP contribution in [0.25, 0.3) is 10.6 Å². The Hall–Kier alpha value is -2.51. The van der Waals surface area contributed by atoms with Gasteiger partial charge in [-0.2, -0.15) is 0 Å². The maximum Gasteiger partial charge on any atom is 0.350 e. The third kappa shape index (κ3) is 3.52. The van der Waals surface area contributed by atoms with Gasteiger partial charge in [-0.3, -0.25) is 0 Å². The maximum absolute atomic E-state index is 12.2. The Labute approximate surface area is 146 Å². The second-order valence-corrected chi connectivity index (χ2v) is 6.31. The van der Waals surface area contributed by atoms with E-state index in [1.165, 1.54) is 29.8 Å². The van der Waals surface area contributed by atoms with Gasteiger partial charge in [-0.1, -0.05) is 23.7 Å². The van der Waals surface area contributed by atoms with Crippen LogP contribution < -0.4 is 4.73 Å². The molecule has 0 saturated heterocycles. The van der Waals surface area contributed by atoms with Crippen LogP contribution in [0.5, 0.6) is 0 Å². The van der Waals surface area contributed by atoms with E-state index in [0.717, 1.165) is 5.56 Å². The largest absolute Gasteiger partial charge is 0.711 e. The van der Waals surface area contributed by atoms with Crippen molar-refractivity contribution in [3.05, 3.63) is 69.4 Å². The SMILES string of the molecule is Cc1nc(-c2ccc(Cl)cc2)sc1C(=O)OCc1nccc[n+]1[O-]. The first-order valence-corrected chi connectivity index (χ1v) is 8.17. The minimum atomic E-state index is -0.532. The highest BCUT2D eigenvalue weighted by Crippen LogP contribution is 2.29. The predicted octanol–water partition coefficient (Wildman–Crippen LogP) is 3.16. The molecule has 0 bridgehead atoms. The van der Waals surface area contributed by atoms with E-state index in [1.807, 2.05) is 12.1 Å². The average molecular weight is 362 g/mol. The minimum Gasteiger partial charge on any atom is -0.711 e. The van der Waals surface area contributed by atoms with Crippen LogP contribution >= 0.6 is 22.9 Å². The van der Waals surface area contributed by atoms with Gasteiger partial charge >= 0.3 is 11.8 Å². The zero-order valence-electron chi connectivity index (χ0n) is 12.6. The van der Waals surface area contributed by atoms with Crippen molar-refractivity contribution >= 4 is 28.9 Å². The maximum atomic E-state index is 12.2. The number of halogens is 1. The van der Waals surface area contributed by atoms with E-state index in [2.05, 4.69) is 9.97 Å². The number of benzene rings is 1. The lowest BCUT2D eigenvalue weighted by atomic mass is 10.2. The molecule has 0 aliphatic carbocycles. The van der Waals surface area contributed by atoms with Crippen LogP contribution in [0.3, 0.4) is 0 Å². The summed E-state index contributed by atoms with van der Waals surface area (Å²) >= 11 is 7.11. The molecule has 0 radical (unpaired) electrons. The molecule has 3 rings (SSSR count). The van der Waals surface area contributed by atoms with Crippen LogP contribution in [0.15, 0.2) is 42.7 Å². The first kappa shape index (κ1) is 16.4. The molecular weight excluding hydrogens is 350 g/mol. The van der Waals surface area contributed by atoms with E-state index in [9.17, 15) is 10.0 Å². The number of rotatable bonds is 4. The van der Waals surface area contributed by atoms with Gasteiger partial charge in [0.15, 0.2) is 6.61 Å². The number of aryl methyl sites for hydroxylation is 1. The lowest BCUT2D eigenvalue weighted by Gasteiger charge is -2.05. The van der Waals surface area contributed by atoms with Gasteiger partial charge in [-0.15, -0.1) is 11.3 Å². The summed E-state index contributed by atoms with van der Waals surface area (Å²) in [5.74, 6) is -0.415. The highest BCUT2D eigenvalue weighted by atomic mass is 35.5. The zero-order valence-corrected chi connectivity index (χ0v) is 14.2. The summed E-state index contributed by atoms with van der Waals surface area (Å²) in [6.07, 6.45) is 2.76. The van der Waals surface area contributed by atoms with Crippen LogP contribution in [0.1, 0.15) is 21.2 Å². The van der Waals surface area contributed by atoms with Gasteiger partial charge in [0.1, 0.15) is 16.1 Å². The second-order valence-electron chi connectivity index (χ2n) is 4.88. The number of aromatic nitrogens is 3. The fourth-order valence-corrected chi connectivity index (χ4v) is 3.08. The molecule has 2 aromatic heterocycles. The van der Waals surface area contributed by atoms with Crippen molar-refractivity contribution in [2.24, 2.45) is 0 Å². The molecule has 0 saturated carbocycles. The van der Waals surface area contributed by atoms with Crippen molar-refractivity contribution < 1.29 is 14.3 Å². The summed E-state index contributed by atoms with van der Waals surface area (Å²) in [4.78, 5) is 20.9. The van der Waals surface area contributed by atoms with E-state index < -0.39 is 5.97 Å². The van der Waals surface area contributed by atoms with E-state index in [1.54, 1.807) is 19.1 Å². The van der Waals surface area contributed by atoms with Crippen molar-refractivity contribution in [3.8, 4) is 10.6 Å². The van der Waals surface area contributed by atoms with Crippen molar-refractivity contribution in [2.75, 3.05) is 0 Å². The molecule has 0 atom stereocenters. The quantitative estimate of drug-likeness (QED) is 0.405. The summed E-state index contributed by atoms with van der Waals surface area (Å²) in [6.45, 7) is 1.54. The first-order chi connectivity index (χ1) is 11.5. The van der Waals surface area contributed by atoms with Gasteiger partial charge in [0.05, 0.1) is 11.9 Å². The lowest BCUT2D eigenvalue weighted by molar-refractivity contribution is -0.620. The summed E-state index contributed by atoms with van der Waals surface area (Å²) in [6, 6.07) is 8.71. The normalized spacial score (nSPS) is 10.6. The number of carbonyl (C=O) groups excluding carboxylic acids is 1. The van der Waals surface area contributed by atoms with Gasteiger partial charge in [0, 0.05) is 16.7 Å². The van der Waals surface area contributed by atoms with E-state index in [-0.39, 0.29) is 12.4 Å². The Balaban J connectivity index is 1.76. The van der Waals surface area contributed by atoms with Gasteiger partial charge < -0.3 is 9.94 Å². The highest BCUT2D eigenvalue weighted by molar-refractivity contribution is 7.17. The third-order valence-electron chi connectivity index (χ3n) is 3.19. The smallest absolute Gasteiger partial charge is 0.350 e. The molecule has 0 N–H and O–H groups in total. The molecule has 3 aromatic rings. The molecule has 1 aromatic carbocycles. The predicted molar refractivity (Wildman–Crippen MR) is 89.6 cm³/mol. The Morgan fingerprint density at radius 2 is 2.12 bits per heavy atom. The number of hydrogen-bond acceptors (Lipinski definition) is 6. The monoisotopic (exact) mass is 361 g/mol. The summed E-state index contributed by atoms with van der Waals surface area (Å²) in [5, 5.41) is 12.8. The number of carbonyl (C=O) groups is 1.